The van der Waals surface area contributed by atoms with Crippen LogP contribution in [0.3, 0.4) is 0 Å². The molecule has 0 radical (unpaired) electrons. The number of carbonyl (C=O) groups is 3. The number of ketones is 1. The zero-order chi connectivity index (χ0) is 25.4. The van der Waals surface area contributed by atoms with Gasteiger partial charge in [0.15, 0.2) is 5.78 Å². The van der Waals surface area contributed by atoms with E-state index in [1.165, 1.54) is 6.08 Å². The third-order valence-electron chi connectivity index (χ3n) is 5.83. The van der Waals surface area contributed by atoms with Crippen molar-refractivity contribution in [3.05, 3.63) is 48.0 Å². The normalized spacial score (nSPS) is 23.2. The van der Waals surface area contributed by atoms with Gasteiger partial charge in [-0.05, 0) is 24.5 Å². The van der Waals surface area contributed by atoms with Crippen LogP contribution >= 0.6 is 7.82 Å². The van der Waals surface area contributed by atoms with Gasteiger partial charge >= 0.3 is 13.8 Å². The maximum atomic E-state index is 13.1. The Morgan fingerprint density at radius 3 is 2.43 bits per heavy atom. The van der Waals surface area contributed by atoms with E-state index in [-0.39, 0.29) is 18.9 Å². The van der Waals surface area contributed by atoms with E-state index in [0.29, 0.717) is 19.4 Å². The molecule has 0 aliphatic carbocycles. The van der Waals surface area contributed by atoms with Gasteiger partial charge in [0.2, 0.25) is 5.91 Å². The molecule has 1 saturated heterocycles. The first kappa shape index (κ1) is 26.1. The van der Waals surface area contributed by atoms with Crippen molar-refractivity contribution in [2.24, 2.45) is 11.8 Å². The van der Waals surface area contributed by atoms with E-state index in [9.17, 15) is 24.1 Å². The number of benzene rings is 1. The lowest BCUT2D eigenvalue weighted by Crippen LogP contribution is -2.45. The summed E-state index contributed by atoms with van der Waals surface area (Å²) in [6, 6.07) is 7.90. The standard InChI is InChI=1S/C24H25N2O8P/c1-3-32-35(31,33-4-2)34-15-9-8-14-25-23(28)20-18-12-13-19(27)22(21(20)24(29)30)26(18)16-17-10-6-5-7-11-17/h1-2,5-7,10-13,18,20-22H,8-9,14-16H2,(H,25,28)(H,29,30)/t18-,20?,21?,22+/m1/s1. The van der Waals surface area contributed by atoms with E-state index in [1.54, 1.807) is 23.2 Å². The predicted octanol–water partition coefficient (Wildman–Crippen LogP) is 1.93. The lowest BCUT2D eigenvalue weighted by atomic mass is 9.87. The largest absolute Gasteiger partial charge is 0.604 e. The first-order valence-electron chi connectivity index (χ1n) is 10.9. The number of unbranched alkanes of at least 4 members (excludes halogenated alkanes) is 1. The molecule has 1 aromatic carbocycles. The number of nitrogens with zero attached hydrogens (tertiary/aromatic N) is 1. The highest BCUT2D eigenvalue weighted by atomic mass is 31.2. The Balaban J connectivity index is 1.60. The van der Waals surface area contributed by atoms with Gasteiger partial charge in [0, 0.05) is 19.1 Å². The number of aliphatic carboxylic acids is 1. The van der Waals surface area contributed by atoms with Crippen LogP contribution in [-0.4, -0.2) is 52.9 Å². The highest BCUT2D eigenvalue weighted by Gasteiger charge is 2.58. The molecule has 4 atom stereocenters. The summed E-state index contributed by atoms with van der Waals surface area (Å²) in [6.07, 6.45) is 17.0. The summed E-state index contributed by atoms with van der Waals surface area (Å²) >= 11 is 0. The van der Waals surface area contributed by atoms with Crippen LogP contribution in [0.2, 0.25) is 0 Å². The Kier molecular flexibility index (Phi) is 8.73. The molecule has 11 heteroatoms. The van der Waals surface area contributed by atoms with Gasteiger partial charge in [-0.3, -0.25) is 23.8 Å². The van der Waals surface area contributed by atoms with Gasteiger partial charge in [-0.25, -0.2) is 4.57 Å². The second-order valence-electron chi connectivity index (χ2n) is 7.94. The van der Waals surface area contributed by atoms with Gasteiger partial charge in [-0.15, -0.1) is 0 Å². The maximum absolute atomic E-state index is 13.1. The molecule has 1 amide bonds. The number of nitrogens with one attached hydrogen (secondary N) is 1. The summed E-state index contributed by atoms with van der Waals surface area (Å²) < 4.78 is 25.9. The van der Waals surface area contributed by atoms with Crippen molar-refractivity contribution >= 4 is 25.5 Å². The van der Waals surface area contributed by atoms with Crippen LogP contribution < -0.4 is 5.32 Å². The van der Waals surface area contributed by atoms with E-state index in [1.807, 2.05) is 30.3 Å². The van der Waals surface area contributed by atoms with Gasteiger partial charge in [0.1, 0.15) is 12.2 Å². The summed E-state index contributed by atoms with van der Waals surface area (Å²) in [4.78, 5) is 39.6. The Hall–Kier alpha value is -3.56. The van der Waals surface area contributed by atoms with Gasteiger partial charge in [-0.2, -0.15) is 0 Å². The van der Waals surface area contributed by atoms with Gasteiger partial charge in [-0.1, -0.05) is 49.3 Å². The number of terminal acetylenes is 2. The van der Waals surface area contributed by atoms with E-state index < -0.39 is 43.6 Å². The summed E-state index contributed by atoms with van der Waals surface area (Å²) in [5.74, 6) is -4.10. The maximum Gasteiger partial charge on any atom is 0.604 e. The minimum atomic E-state index is -4.05. The number of rotatable bonds is 12. The lowest BCUT2D eigenvalue weighted by Gasteiger charge is -2.31. The third-order valence-corrected chi connectivity index (χ3v) is 6.99. The first-order valence-corrected chi connectivity index (χ1v) is 12.3. The zero-order valence-corrected chi connectivity index (χ0v) is 19.6. The first-order chi connectivity index (χ1) is 16.8. The number of carboxylic acids is 1. The van der Waals surface area contributed by atoms with Crippen LogP contribution in [0.1, 0.15) is 18.4 Å². The molecule has 2 aliphatic rings. The number of hydrogen-bond acceptors (Lipinski definition) is 8. The fourth-order valence-corrected chi connectivity index (χ4v) is 5.16. The molecule has 10 nitrogen and oxygen atoms in total. The molecule has 1 fully saturated rings. The van der Waals surface area contributed by atoms with Crippen LogP contribution in [0, 0.1) is 36.9 Å². The molecule has 0 aromatic heterocycles. The highest BCUT2D eigenvalue weighted by molar-refractivity contribution is 7.48. The number of carbonyl (C=O) groups excluding carboxylic acids is 2. The van der Waals surface area contributed by atoms with Crippen molar-refractivity contribution in [2.75, 3.05) is 13.2 Å². The van der Waals surface area contributed by atoms with E-state index >= 15 is 0 Å². The van der Waals surface area contributed by atoms with Crippen molar-refractivity contribution in [3.63, 3.8) is 0 Å². The molecular formula is C24H25N2O8P. The Labute approximate surface area is 203 Å². The van der Waals surface area contributed by atoms with Crippen LogP contribution in [0.5, 0.6) is 0 Å². The molecule has 3 rings (SSSR count). The summed E-state index contributed by atoms with van der Waals surface area (Å²) in [6.45, 7) is 0.482. The van der Waals surface area contributed by atoms with E-state index in [2.05, 4.69) is 14.4 Å². The summed E-state index contributed by atoms with van der Waals surface area (Å²) in [5, 5.41) is 12.6. The summed E-state index contributed by atoms with van der Waals surface area (Å²) in [5.41, 5.74) is 0.913. The Morgan fingerprint density at radius 1 is 1.11 bits per heavy atom. The average Bonchev–Trinajstić information content (AvgIpc) is 3.05. The van der Waals surface area contributed by atoms with Gasteiger partial charge < -0.3 is 19.5 Å². The molecule has 184 valence electrons. The summed E-state index contributed by atoms with van der Waals surface area (Å²) in [7, 11) is -4.05. The molecule has 2 bridgehead atoms. The lowest BCUT2D eigenvalue weighted by molar-refractivity contribution is -0.148. The predicted molar refractivity (Wildman–Crippen MR) is 124 cm³/mol. The number of hydrogen-bond donors (Lipinski definition) is 2. The number of fused-ring (bicyclic) bond motifs is 2. The molecule has 2 N–H and O–H groups in total. The minimum absolute atomic E-state index is 0.0650. The molecule has 2 heterocycles. The topological polar surface area (TPSA) is 131 Å². The molecule has 2 unspecified atom stereocenters. The Bertz CT molecular complexity index is 1090. The minimum Gasteiger partial charge on any atom is -0.481 e. The SMILES string of the molecule is C#COP(=O)(OC#C)OCCCCNC(=O)C1C(C(=O)O)[C@@H]2C(=O)C=C[C@H]1N2Cc1ccccc1. The van der Waals surface area contributed by atoms with E-state index in [0.717, 1.165) is 5.56 Å². The third kappa shape index (κ3) is 6.12. The van der Waals surface area contributed by atoms with Crippen LogP contribution in [-0.2, 0) is 39.1 Å². The monoisotopic (exact) mass is 500 g/mol. The van der Waals surface area contributed by atoms with Crippen molar-refractivity contribution < 1.29 is 37.6 Å². The van der Waals surface area contributed by atoms with Crippen molar-refractivity contribution in [3.8, 4) is 25.1 Å². The Morgan fingerprint density at radius 2 is 1.80 bits per heavy atom. The number of phosphoric acid groups is 1. The highest BCUT2D eigenvalue weighted by Crippen LogP contribution is 2.48. The van der Waals surface area contributed by atoms with E-state index in [4.69, 9.17) is 17.4 Å². The van der Waals surface area contributed by atoms with Crippen LogP contribution in [0.15, 0.2) is 42.5 Å². The van der Waals surface area contributed by atoms with Gasteiger partial charge in [0.25, 0.3) is 0 Å². The molecular weight excluding hydrogens is 475 g/mol. The molecule has 1 aromatic rings. The smallest absolute Gasteiger partial charge is 0.481 e. The number of carboxylic acid groups (broad SMARTS) is 1. The zero-order valence-electron chi connectivity index (χ0n) is 18.7. The van der Waals surface area contributed by atoms with Gasteiger partial charge in [0.05, 0.1) is 24.5 Å². The molecule has 2 aliphatic heterocycles. The fraction of sp³-hybridized carbons (Fsp3) is 0.375. The second kappa shape index (κ2) is 11.7. The van der Waals surface area contributed by atoms with Crippen molar-refractivity contribution in [1.29, 1.82) is 0 Å². The van der Waals surface area contributed by atoms with Crippen molar-refractivity contribution in [1.82, 2.24) is 10.2 Å². The fourth-order valence-electron chi connectivity index (χ4n) is 4.41. The van der Waals surface area contributed by atoms with Crippen LogP contribution in [0.25, 0.3) is 0 Å². The van der Waals surface area contributed by atoms with Crippen molar-refractivity contribution in [2.45, 2.75) is 31.5 Å². The molecule has 0 spiro atoms. The quantitative estimate of drug-likeness (QED) is 0.251. The number of amides is 1. The van der Waals surface area contributed by atoms with Crippen LogP contribution in [0.4, 0.5) is 0 Å². The second-order valence-corrected chi connectivity index (χ2v) is 9.46. The number of phosphoric ester groups is 1. The molecule has 0 saturated carbocycles. The average molecular weight is 500 g/mol. The molecule has 35 heavy (non-hydrogen) atoms.